The lowest BCUT2D eigenvalue weighted by Gasteiger charge is -2.14. The molecule has 0 aliphatic heterocycles. The highest BCUT2D eigenvalue weighted by Gasteiger charge is 2.13. The Morgan fingerprint density at radius 1 is 0.909 bits per heavy atom. The first-order valence-electron chi connectivity index (χ1n) is 7.30. The number of para-hydroxylation sites is 1. The van der Waals surface area contributed by atoms with Gasteiger partial charge in [0.25, 0.3) is 5.56 Å². The highest BCUT2D eigenvalue weighted by Crippen LogP contribution is 2.27. The Labute approximate surface area is 126 Å². The van der Waals surface area contributed by atoms with Crippen molar-refractivity contribution in [3.63, 3.8) is 0 Å². The van der Waals surface area contributed by atoms with Crippen molar-refractivity contribution >= 4 is 32.6 Å². The molecule has 4 aromatic rings. The molecule has 0 aliphatic carbocycles. The molecule has 4 rings (SSSR count). The molecular formula is C18H15N3O. The Kier molecular flexibility index (Phi) is 2.91. The first kappa shape index (κ1) is 13.0. The van der Waals surface area contributed by atoms with Crippen LogP contribution in [0.5, 0.6) is 0 Å². The molecule has 0 bridgehead atoms. The Morgan fingerprint density at radius 3 is 2.36 bits per heavy atom. The van der Waals surface area contributed by atoms with E-state index in [1.807, 2.05) is 54.7 Å². The van der Waals surface area contributed by atoms with Gasteiger partial charge >= 0.3 is 0 Å². The predicted molar refractivity (Wildman–Crippen MR) is 90.1 cm³/mol. The van der Waals surface area contributed by atoms with Crippen LogP contribution < -0.4 is 11.3 Å². The molecule has 4 nitrogen and oxygen atoms in total. The van der Waals surface area contributed by atoms with Crippen molar-refractivity contribution in [2.24, 2.45) is 5.73 Å². The van der Waals surface area contributed by atoms with Gasteiger partial charge in [-0.05, 0) is 17.5 Å². The molecule has 4 heteroatoms. The van der Waals surface area contributed by atoms with Gasteiger partial charge in [-0.3, -0.25) is 9.78 Å². The van der Waals surface area contributed by atoms with Gasteiger partial charge in [-0.2, -0.15) is 0 Å². The molecule has 0 atom stereocenters. The normalized spacial score (nSPS) is 11.5. The predicted octanol–water partition coefficient (Wildman–Crippen LogP) is 2.66. The molecule has 2 N–H and O–H groups in total. The maximum atomic E-state index is 12.9. The number of nitrogens with two attached hydrogens (primary N) is 1. The maximum absolute atomic E-state index is 12.9. The molecule has 22 heavy (non-hydrogen) atoms. The summed E-state index contributed by atoms with van der Waals surface area (Å²) in [6.45, 7) is 0.915. The minimum Gasteiger partial charge on any atom is -0.329 e. The van der Waals surface area contributed by atoms with E-state index in [2.05, 4.69) is 4.98 Å². The molecule has 0 saturated heterocycles. The fourth-order valence-corrected chi connectivity index (χ4v) is 3.11. The molecule has 108 valence electrons. The zero-order valence-corrected chi connectivity index (χ0v) is 12.0. The minimum absolute atomic E-state index is 0.00454. The summed E-state index contributed by atoms with van der Waals surface area (Å²) in [5.41, 5.74) is 7.54. The third-order valence-corrected chi connectivity index (χ3v) is 4.06. The SMILES string of the molecule is NCCn1c(=O)c2ccccc2c2cnc3ccccc3c21. The lowest BCUT2D eigenvalue weighted by atomic mass is 10.0. The van der Waals surface area contributed by atoms with Gasteiger partial charge in [0.15, 0.2) is 0 Å². The summed E-state index contributed by atoms with van der Waals surface area (Å²) in [5.74, 6) is 0. The van der Waals surface area contributed by atoms with Crippen molar-refractivity contribution in [3.8, 4) is 0 Å². The molecule has 0 saturated carbocycles. The van der Waals surface area contributed by atoms with Crippen molar-refractivity contribution < 1.29 is 0 Å². The number of hydrogen-bond donors (Lipinski definition) is 1. The second-order valence-corrected chi connectivity index (χ2v) is 5.33. The van der Waals surface area contributed by atoms with Crippen LogP contribution in [0.1, 0.15) is 0 Å². The molecule has 2 heterocycles. The van der Waals surface area contributed by atoms with E-state index in [9.17, 15) is 4.79 Å². The van der Waals surface area contributed by atoms with Gasteiger partial charge in [0.1, 0.15) is 0 Å². The molecule has 2 aromatic heterocycles. The lowest BCUT2D eigenvalue weighted by molar-refractivity contribution is 0.714. The molecule has 0 spiro atoms. The number of rotatable bonds is 2. The number of benzene rings is 2. The van der Waals surface area contributed by atoms with Crippen LogP contribution in [0.4, 0.5) is 0 Å². The van der Waals surface area contributed by atoms with Crippen molar-refractivity contribution in [1.82, 2.24) is 9.55 Å². The molecule has 2 aromatic carbocycles. The van der Waals surface area contributed by atoms with E-state index in [0.717, 1.165) is 27.2 Å². The van der Waals surface area contributed by atoms with E-state index in [0.29, 0.717) is 18.5 Å². The largest absolute Gasteiger partial charge is 0.329 e. The molecule has 0 amide bonds. The van der Waals surface area contributed by atoms with Crippen LogP contribution >= 0.6 is 0 Å². The standard InChI is InChI=1S/C18H15N3O/c19-9-10-21-17-14-7-3-4-8-16(14)20-11-15(17)12-5-1-2-6-13(12)18(21)22/h1-8,11H,9-10,19H2. The van der Waals surface area contributed by atoms with Gasteiger partial charge in [0.05, 0.1) is 11.0 Å². The van der Waals surface area contributed by atoms with Crippen LogP contribution in [0.25, 0.3) is 32.6 Å². The maximum Gasteiger partial charge on any atom is 0.258 e. The molecule has 0 unspecified atom stereocenters. The monoisotopic (exact) mass is 289 g/mol. The van der Waals surface area contributed by atoms with Crippen LogP contribution in [0, 0.1) is 0 Å². The summed E-state index contributed by atoms with van der Waals surface area (Å²) in [5, 5.41) is 3.62. The summed E-state index contributed by atoms with van der Waals surface area (Å²) < 4.78 is 1.78. The van der Waals surface area contributed by atoms with Crippen molar-refractivity contribution in [1.29, 1.82) is 0 Å². The van der Waals surface area contributed by atoms with Crippen molar-refractivity contribution in [2.75, 3.05) is 6.54 Å². The number of hydrogen-bond acceptors (Lipinski definition) is 3. The molecule has 0 aliphatic rings. The van der Waals surface area contributed by atoms with Gasteiger partial charge in [-0.1, -0.05) is 36.4 Å². The second kappa shape index (κ2) is 4.93. The third-order valence-electron chi connectivity index (χ3n) is 4.06. The van der Waals surface area contributed by atoms with E-state index in [4.69, 9.17) is 5.73 Å². The summed E-state index contributed by atoms with van der Waals surface area (Å²) in [6.07, 6.45) is 1.85. The highest BCUT2D eigenvalue weighted by molar-refractivity contribution is 6.13. The van der Waals surface area contributed by atoms with Gasteiger partial charge in [-0.25, -0.2) is 0 Å². The zero-order valence-electron chi connectivity index (χ0n) is 12.0. The van der Waals surface area contributed by atoms with Crippen LogP contribution in [-0.4, -0.2) is 16.1 Å². The Morgan fingerprint density at radius 2 is 1.59 bits per heavy atom. The summed E-state index contributed by atoms with van der Waals surface area (Å²) in [6, 6.07) is 15.6. The van der Waals surface area contributed by atoms with E-state index in [1.54, 1.807) is 4.57 Å². The van der Waals surface area contributed by atoms with E-state index < -0.39 is 0 Å². The third kappa shape index (κ3) is 1.74. The number of aromatic nitrogens is 2. The fraction of sp³-hybridized carbons (Fsp3) is 0.111. The van der Waals surface area contributed by atoms with E-state index in [1.165, 1.54) is 0 Å². The van der Waals surface area contributed by atoms with Crippen molar-refractivity contribution in [2.45, 2.75) is 6.54 Å². The van der Waals surface area contributed by atoms with Crippen molar-refractivity contribution in [3.05, 3.63) is 65.1 Å². The Balaban J connectivity index is 2.35. The minimum atomic E-state index is 0.00454. The summed E-state index contributed by atoms with van der Waals surface area (Å²) in [4.78, 5) is 17.4. The Bertz CT molecular complexity index is 1070. The number of pyridine rings is 2. The summed E-state index contributed by atoms with van der Waals surface area (Å²) >= 11 is 0. The van der Waals surface area contributed by atoms with E-state index in [-0.39, 0.29) is 5.56 Å². The number of fused-ring (bicyclic) bond motifs is 5. The average molecular weight is 289 g/mol. The highest BCUT2D eigenvalue weighted by atomic mass is 16.1. The average Bonchev–Trinajstić information content (AvgIpc) is 2.58. The van der Waals surface area contributed by atoms with E-state index >= 15 is 0 Å². The Hall–Kier alpha value is -2.72. The second-order valence-electron chi connectivity index (χ2n) is 5.33. The van der Waals surface area contributed by atoms with Crippen LogP contribution in [0.2, 0.25) is 0 Å². The van der Waals surface area contributed by atoms with Gasteiger partial charge in [0.2, 0.25) is 0 Å². The van der Waals surface area contributed by atoms with Gasteiger partial charge in [-0.15, -0.1) is 0 Å². The van der Waals surface area contributed by atoms with Gasteiger partial charge < -0.3 is 10.3 Å². The molecule has 0 radical (unpaired) electrons. The topological polar surface area (TPSA) is 60.9 Å². The lowest BCUT2D eigenvalue weighted by Crippen LogP contribution is -2.24. The first-order chi connectivity index (χ1) is 10.8. The summed E-state index contributed by atoms with van der Waals surface area (Å²) in [7, 11) is 0. The van der Waals surface area contributed by atoms with Crippen LogP contribution in [0.15, 0.2) is 59.5 Å². The quantitative estimate of drug-likeness (QED) is 0.577. The molecule has 0 fully saturated rings. The number of nitrogens with zero attached hydrogens (tertiary/aromatic N) is 2. The smallest absolute Gasteiger partial charge is 0.258 e. The zero-order chi connectivity index (χ0) is 15.1. The molecular weight excluding hydrogens is 274 g/mol. The fourth-order valence-electron chi connectivity index (χ4n) is 3.11. The van der Waals surface area contributed by atoms with Crippen LogP contribution in [0.3, 0.4) is 0 Å². The van der Waals surface area contributed by atoms with Gasteiger partial charge in [0, 0.05) is 35.4 Å². The first-order valence-corrected chi connectivity index (χ1v) is 7.30. The van der Waals surface area contributed by atoms with Crippen LogP contribution in [-0.2, 0) is 6.54 Å².